The molecule has 1 aromatic carbocycles. The number of rotatable bonds is 7. The smallest absolute Gasteiger partial charge is 0.378 e. The van der Waals surface area contributed by atoms with E-state index in [9.17, 15) is 22.8 Å². The number of hydrogen-bond donors (Lipinski definition) is 3. The van der Waals surface area contributed by atoms with Gasteiger partial charge >= 0.3 is 12.2 Å². The number of imide groups is 1. The van der Waals surface area contributed by atoms with Crippen molar-refractivity contribution in [3.63, 3.8) is 0 Å². The van der Waals surface area contributed by atoms with Crippen LogP contribution in [0.1, 0.15) is 56.5 Å². The molecule has 0 spiro atoms. The van der Waals surface area contributed by atoms with E-state index in [2.05, 4.69) is 26.1 Å². The second-order valence-electron chi connectivity index (χ2n) is 7.82. The van der Waals surface area contributed by atoms with E-state index >= 15 is 0 Å². The lowest BCUT2D eigenvalue weighted by Gasteiger charge is -2.26. The SMILES string of the molecule is CNC(=O)NC(=O)C(C)Sc1nnc(CNc2cccc(C(F)(F)F)c2)n1C1CCCCC1. The van der Waals surface area contributed by atoms with E-state index < -0.39 is 28.9 Å². The summed E-state index contributed by atoms with van der Waals surface area (Å²) in [4.78, 5) is 23.7. The zero-order chi connectivity index (χ0) is 24.0. The zero-order valence-electron chi connectivity index (χ0n) is 18.4. The molecule has 1 unspecified atom stereocenters. The summed E-state index contributed by atoms with van der Waals surface area (Å²) in [6, 6.07) is 4.55. The minimum Gasteiger partial charge on any atom is -0.378 e. The largest absolute Gasteiger partial charge is 0.416 e. The Kier molecular flexibility index (Phi) is 8.22. The molecule has 3 amide bonds. The third kappa shape index (κ3) is 6.62. The van der Waals surface area contributed by atoms with Crippen LogP contribution in [0.3, 0.4) is 0 Å². The number of nitrogens with zero attached hydrogens (tertiary/aromatic N) is 3. The number of benzene rings is 1. The number of hydrogen-bond acceptors (Lipinski definition) is 6. The average Bonchev–Trinajstić information content (AvgIpc) is 3.20. The molecule has 1 aliphatic rings. The molecule has 0 bridgehead atoms. The molecule has 0 saturated heterocycles. The van der Waals surface area contributed by atoms with E-state index in [0.717, 1.165) is 44.2 Å². The van der Waals surface area contributed by atoms with Crippen LogP contribution in [0.15, 0.2) is 29.4 Å². The van der Waals surface area contributed by atoms with Crippen LogP contribution < -0.4 is 16.0 Å². The molecule has 1 atom stereocenters. The van der Waals surface area contributed by atoms with Gasteiger partial charge in [-0.15, -0.1) is 10.2 Å². The van der Waals surface area contributed by atoms with Crippen LogP contribution in [0.2, 0.25) is 0 Å². The summed E-state index contributed by atoms with van der Waals surface area (Å²) in [5.74, 6) is 0.127. The predicted molar refractivity (Wildman–Crippen MR) is 119 cm³/mol. The minimum atomic E-state index is -4.42. The third-order valence-electron chi connectivity index (χ3n) is 5.43. The molecule has 3 N–H and O–H groups in total. The van der Waals surface area contributed by atoms with Crippen LogP contribution in [0.25, 0.3) is 0 Å². The highest BCUT2D eigenvalue weighted by Crippen LogP contribution is 2.34. The van der Waals surface area contributed by atoms with Gasteiger partial charge in [0.2, 0.25) is 5.91 Å². The lowest BCUT2D eigenvalue weighted by atomic mass is 9.95. The average molecular weight is 485 g/mol. The van der Waals surface area contributed by atoms with Crippen LogP contribution in [0, 0.1) is 0 Å². The molecule has 3 rings (SSSR count). The molecule has 12 heteroatoms. The number of anilines is 1. The molecule has 1 aliphatic carbocycles. The highest BCUT2D eigenvalue weighted by molar-refractivity contribution is 8.00. The van der Waals surface area contributed by atoms with Crippen molar-refractivity contribution < 1.29 is 22.8 Å². The van der Waals surface area contributed by atoms with E-state index in [4.69, 9.17) is 0 Å². The molecule has 180 valence electrons. The molecule has 0 radical (unpaired) electrons. The number of thioether (sulfide) groups is 1. The first-order valence-corrected chi connectivity index (χ1v) is 11.6. The van der Waals surface area contributed by atoms with Crippen LogP contribution in [0.4, 0.5) is 23.7 Å². The van der Waals surface area contributed by atoms with E-state index in [0.29, 0.717) is 16.7 Å². The van der Waals surface area contributed by atoms with Gasteiger partial charge < -0.3 is 15.2 Å². The summed E-state index contributed by atoms with van der Waals surface area (Å²) in [6.45, 7) is 1.85. The molecule has 33 heavy (non-hydrogen) atoms. The maximum atomic E-state index is 13.0. The van der Waals surface area contributed by atoms with E-state index in [-0.39, 0.29) is 12.6 Å². The van der Waals surface area contributed by atoms with Gasteiger partial charge in [-0.3, -0.25) is 10.1 Å². The summed E-state index contributed by atoms with van der Waals surface area (Å²) in [5.41, 5.74) is -0.399. The van der Waals surface area contributed by atoms with Crippen molar-refractivity contribution >= 4 is 29.4 Å². The number of alkyl halides is 3. The summed E-state index contributed by atoms with van der Waals surface area (Å²) >= 11 is 1.19. The molecule has 1 heterocycles. The van der Waals surface area contributed by atoms with Crippen molar-refractivity contribution in [2.75, 3.05) is 12.4 Å². The molecule has 0 aliphatic heterocycles. The Balaban J connectivity index is 1.78. The molecule has 2 aromatic rings. The Morgan fingerprint density at radius 1 is 1.21 bits per heavy atom. The summed E-state index contributed by atoms with van der Waals surface area (Å²) < 4.78 is 41.0. The molecule has 8 nitrogen and oxygen atoms in total. The van der Waals surface area contributed by atoms with Crippen molar-refractivity contribution in [2.24, 2.45) is 0 Å². The van der Waals surface area contributed by atoms with Gasteiger partial charge in [0.05, 0.1) is 17.4 Å². The zero-order valence-corrected chi connectivity index (χ0v) is 19.2. The van der Waals surface area contributed by atoms with Crippen molar-refractivity contribution in [1.29, 1.82) is 0 Å². The second kappa shape index (κ2) is 10.9. The number of aromatic nitrogens is 3. The number of halogens is 3. The Labute approximate surface area is 194 Å². The van der Waals surface area contributed by atoms with Gasteiger partial charge in [-0.25, -0.2) is 4.79 Å². The third-order valence-corrected chi connectivity index (χ3v) is 6.49. The van der Waals surface area contributed by atoms with Gasteiger partial charge in [0.1, 0.15) is 0 Å². The van der Waals surface area contributed by atoms with Gasteiger partial charge in [-0.05, 0) is 38.0 Å². The standard InChI is InChI=1S/C21H27F3N6O2S/c1-13(18(31)27-19(32)25-2)33-20-29-28-17(30(20)16-9-4-3-5-10-16)12-26-15-8-6-7-14(11-15)21(22,23)24/h6-8,11,13,16,26H,3-5,9-10,12H2,1-2H3,(H2,25,27,31,32). The van der Waals surface area contributed by atoms with Crippen molar-refractivity contribution in [3.05, 3.63) is 35.7 Å². The number of amides is 3. The molecule has 1 aromatic heterocycles. The Hall–Kier alpha value is -2.76. The Bertz CT molecular complexity index is 975. The Morgan fingerprint density at radius 2 is 1.94 bits per heavy atom. The first-order valence-electron chi connectivity index (χ1n) is 10.7. The number of carbonyl (C=O) groups is 2. The van der Waals surface area contributed by atoms with Gasteiger partial charge in [0.15, 0.2) is 11.0 Å². The normalized spacial score (nSPS) is 15.7. The maximum absolute atomic E-state index is 13.0. The maximum Gasteiger partial charge on any atom is 0.416 e. The van der Waals surface area contributed by atoms with Crippen LogP contribution in [0.5, 0.6) is 0 Å². The molecular formula is C21H27F3N6O2S. The van der Waals surface area contributed by atoms with Gasteiger partial charge in [-0.1, -0.05) is 37.1 Å². The summed E-state index contributed by atoms with van der Waals surface area (Å²) in [7, 11) is 1.42. The van der Waals surface area contributed by atoms with E-state index in [1.165, 1.54) is 24.9 Å². The molecule has 1 fully saturated rings. The van der Waals surface area contributed by atoms with Crippen molar-refractivity contribution in [1.82, 2.24) is 25.4 Å². The van der Waals surface area contributed by atoms with Gasteiger partial charge in [0.25, 0.3) is 0 Å². The second-order valence-corrected chi connectivity index (χ2v) is 9.13. The van der Waals surface area contributed by atoms with E-state index in [1.54, 1.807) is 13.0 Å². The Morgan fingerprint density at radius 3 is 2.61 bits per heavy atom. The number of urea groups is 1. The summed E-state index contributed by atoms with van der Waals surface area (Å²) in [6.07, 6.45) is 0.696. The number of nitrogens with one attached hydrogen (secondary N) is 3. The topological polar surface area (TPSA) is 101 Å². The van der Waals surface area contributed by atoms with E-state index in [1.807, 2.05) is 4.57 Å². The first kappa shape index (κ1) is 24.9. The fourth-order valence-corrected chi connectivity index (χ4v) is 4.63. The number of carbonyl (C=O) groups excluding carboxylic acids is 2. The van der Waals surface area contributed by atoms with Crippen LogP contribution in [-0.2, 0) is 17.5 Å². The lowest BCUT2D eigenvalue weighted by Crippen LogP contribution is -2.41. The quantitative estimate of drug-likeness (QED) is 0.505. The van der Waals surface area contributed by atoms with Gasteiger partial charge in [-0.2, -0.15) is 13.2 Å². The predicted octanol–water partition coefficient (Wildman–Crippen LogP) is 4.35. The highest BCUT2D eigenvalue weighted by Gasteiger charge is 2.30. The lowest BCUT2D eigenvalue weighted by molar-refractivity contribution is -0.137. The van der Waals surface area contributed by atoms with Gasteiger partial charge in [0, 0.05) is 18.8 Å². The van der Waals surface area contributed by atoms with Crippen LogP contribution >= 0.6 is 11.8 Å². The van der Waals surface area contributed by atoms with Crippen LogP contribution in [-0.4, -0.2) is 39.0 Å². The fraction of sp³-hybridized carbons (Fsp3) is 0.524. The van der Waals surface area contributed by atoms with Crippen molar-refractivity contribution in [3.8, 4) is 0 Å². The molecule has 1 saturated carbocycles. The summed E-state index contributed by atoms with van der Waals surface area (Å²) in [5, 5.41) is 16.1. The first-order chi connectivity index (χ1) is 15.7. The monoisotopic (exact) mass is 484 g/mol. The van der Waals surface area contributed by atoms with Crippen molar-refractivity contribution in [2.45, 2.75) is 68.2 Å². The molecular weight excluding hydrogens is 457 g/mol. The fourth-order valence-electron chi connectivity index (χ4n) is 3.69. The minimum absolute atomic E-state index is 0.142. The highest BCUT2D eigenvalue weighted by atomic mass is 32.2.